The van der Waals surface area contributed by atoms with Crippen molar-refractivity contribution in [2.45, 2.75) is 0 Å². The second-order valence-electron chi connectivity index (χ2n) is 5.35. The molecule has 0 radical (unpaired) electrons. The van der Waals surface area contributed by atoms with Gasteiger partial charge in [-0.05, 0) is 12.2 Å². The average molecular weight is 371 g/mol. The van der Waals surface area contributed by atoms with Crippen molar-refractivity contribution < 1.29 is 9.30 Å². The molecule has 2 aromatic carbocycles. The molecule has 0 spiro atoms. The summed E-state index contributed by atoms with van der Waals surface area (Å²) in [4.78, 5) is 0. The Morgan fingerprint density at radius 3 is 1.84 bits per heavy atom. The van der Waals surface area contributed by atoms with Gasteiger partial charge in [-0.3, -0.25) is 9.99 Å². The summed E-state index contributed by atoms with van der Waals surface area (Å²) >= 11 is 5.04. The van der Waals surface area contributed by atoms with E-state index in [0.29, 0.717) is 16.6 Å². The molecular weight excluding hydrogens is 353 g/mol. The third kappa shape index (κ3) is 4.37. The fourth-order valence-corrected chi connectivity index (χ4v) is 4.01. The van der Waals surface area contributed by atoms with Gasteiger partial charge in [0.05, 0.1) is 0 Å². The Morgan fingerprint density at radius 1 is 0.920 bits per heavy atom. The van der Waals surface area contributed by atoms with E-state index in [0.717, 1.165) is 11.1 Å². The molecule has 128 valence electrons. The normalized spacial score (nSPS) is 15.4. The molecule has 7 heteroatoms. The highest BCUT2D eigenvalue weighted by molar-refractivity contribution is 7.80. The van der Waals surface area contributed by atoms with Gasteiger partial charge in [-0.1, -0.05) is 60.7 Å². The third-order valence-corrected chi connectivity index (χ3v) is 5.53. The molecule has 0 fully saturated rings. The summed E-state index contributed by atoms with van der Waals surface area (Å²) in [5.41, 5.74) is 4.45. The van der Waals surface area contributed by atoms with Crippen LogP contribution in [0.3, 0.4) is 0 Å². The summed E-state index contributed by atoms with van der Waals surface area (Å²) in [7, 11) is -1.37. The van der Waals surface area contributed by atoms with Crippen molar-refractivity contribution in [3.63, 3.8) is 0 Å². The molecule has 3 N–H and O–H groups in total. The van der Waals surface area contributed by atoms with Crippen molar-refractivity contribution in [3.8, 4) is 0 Å². The van der Waals surface area contributed by atoms with Crippen LogP contribution in [-0.4, -0.2) is 12.2 Å². The Bertz CT molecular complexity index is 807. The highest BCUT2D eigenvalue weighted by Crippen LogP contribution is 2.52. The largest absolute Gasteiger partial charge is 0.456 e. The molecule has 0 amide bonds. The molecule has 1 aliphatic heterocycles. The van der Waals surface area contributed by atoms with Crippen molar-refractivity contribution >= 4 is 36.1 Å². The summed E-state index contributed by atoms with van der Waals surface area (Å²) in [6.45, 7) is 0. The molecule has 25 heavy (non-hydrogen) atoms. The quantitative estimate of drug-likeness (QED) is 0.431. The van der Waals surface area contributed by atoms with Crippen LogP contribution in [0, 0.1) is 0 Å². The number of hydrogen-bond donors (Lipinski definition) is 3. The van der Waals surface area contributed by atoms with Crippen LogP contribution in [0.4, 0.5) is 0 Å². The van der Waals surface area contributed by atoms with E-state index < -0.39 is 7.29 Å². The van der Waals surface area contributed by atoms with Gasteiger partial charge in [0.25, 0.3) is 0 Å². The van der Waals surface area contributed by atoms with Crippen LogP contribution in [-0.2, 0) is 9.30 Å². The lowest BCUT2D eigenvalue weighted by Gasteiger charge is -2.24. The fourth-order valence-electron chi connectivity index (χ4n) is 2.29. The second kappa shape index (κ2) is 7.66. The summed E-state index contributed by atoms with van der Waals surface area (Å²) in [6.07, 6.45) is 0. The molecule has 1 heterocycles. The van der Waals surface area contributed by atoms with Crippen LogP contribution in [0.2, 0.25) is 0 Å². The Kier molecular flexibility index (Phi) is 5.34. The molecule has 0 atom stereocenters. The highest BCUT2D eigenvalue weighted by atomic mass is 32.1. The van der Waals surface area contributed by atoms with Crippen LogP contribution in [0.5, 0.6) is 0 Å². The maximum Gasteiger partial charge on any atom is 0.215 e. The number of thiocarbonyl (C=S) groups is 1. The van der Waals surface area contributed by atoms with Crippen molar-refractivity contribution in [3.05, 3.63) is 83.4 Å². The average Bonchev–Trinajstić information content (AvgIpc) is 2.67. The molecule has 2 aromatic rings. The number of benzene rings is 2. The number of hydrogen-bond acceptors (Lipinski definition) is 3. The Balaban J connectivity index is 1.98. The van der Waals surface area contributed by atoms with Crippen LogP contribution in [0.15, 0.2) is 72.3 Å². The van der Waals surface area contributed by atoms with E-state index in [4.69, 9.17) is 17.0 Å². The molecule has 0 unspecified atom stereocenters. The lowest BCUT2D eigenvalue weighted by Crippen LogP contribution is -2.40. The third-order valence-electron chi connectivity index (χ3n) is 3.53. The van der Waals surface area contributed by atoms with Crippen molar-refractivity contribution in [1.82, 2.24) is 15.9 Å². The maximum absolute atomic E-state index is 13.3. The summed E-state index contributed by atoms with van der Waals surface area (Å²) in [6, 6.07) is 19.1. The molecule has 0 saturated heterocycles. The molecule has 1 aliphatic rings. The van der Waals surface area contributed by atoms with Crippen LogP contribution >= 0.6 is 19.5 Å². The zero-order valence-corrected chi connectivity index (χ0v) is 15.3. The van der Waals surface area contributed by atoms with E-state index in [-0.39, 0.29) is 0 Å². The Hall–Kier alpha value is -2.40. The van der Waals surface area contributed by atoms with Gasteiger partial charge in [0.15, 0.2) is 5.11 Å². The summed E-state index contributed by atoms with van der Waals surface area (Å²) < 4.78 is 19.3. The van der Waals surface area contributed by atoms with Gasteiger partial charge in [0, 0.05) is 29.8 Å². The van der Waals surface area contributed by atoms with E-state index >= 15 is 0 Å². The standard InChI is InChI=1S/C18H18N3O2PS/c1-19-18(25)20-21-24(22)12-16(14-8-4-2-5-9-14)23-17(13-24)15-10-6-3-7-11-15/h2-13H,1H3,(H,21,22)(H2,19,20,25). The maximum atomic E-state index is 13.3. The Labute approximate surface area is 152 Å². The van der Waals surface area contributed by atoms with E-state index in [1.54, 1.807) is 18.7 Å². The van der Waals surface area contributed by atoms with Gasteiger partial charge in [-0.15, -0.1) is 0 Å². The summed E-state index contributed by atoms with van der Waals surface area (Å²) in [5.74, 6) is 4.27. The zero-order valence-electron chi connectivity index (χ0n) is 13.6. The zero-order chi connectivity index (χ0) is 17.7. The molecular formula is C18H18N3O2PS. The summed E-state index contributed by atoms with van der Waals surface area (Å²) in [5, 5.41) is 5.94. The number of rotatable bonds is 4. The predicted molar refractivity (Wildman–Crippen MR) is 105 cm³/mol. The minimum atomic E-state index is -3.06. The van der Waals surface area contributed by atoms with Crippen molar-refractivity contribution in [2.24, 2.45) is 0 Å². The molecule has 0 bridgehead atoms. The predicted octanol–water partition coefficient (Wildman–Crippen LogP) is 3.89. The van der Waals surface area contributed by atoms with Crippen LogP contribution < -0.4 is 15.9 Å². The SMILES string of the molecule is CNC(=S)NNP1(=O)C=C(c2ccccc2)OC(c2ccccc2)=C1. The van der Waals surface area contributed by atoms with E-state index in [9.17, 15) is 4.57 Å². The fraction of sp³-hybridized carbons (Fsp3) is 0.0556. The topological polar surface area (TPSA) is 62.4 Å². The van der Waals surface area contributed by atoms with E-state index in [1.807, 2.05) is 60.7 Å². The minimum Gasteiger partial charge on any atom is -0.456 e. The molecule has 0 aliphatic carbocycles. The first kappa shape index (κ1) is 17.4. The monoisotopic (exact) mass is 371 g/mol. The van der Waals surface area contributed by atoms with Gasteiger partial charge >= 0.3 is 0 Å². The van der Waals surface area contributed by atoms with Gasteiger partial charge in [0.1, 0.15) is 11.5 Å². The highest BCUT2D eigenvalue weighted by Gasteiger charge is 2.26. The van der Waals surface area contributed by atoms with Gasteiger partial charge < -0.3 is 10.1 Å². The lowest BCUT2D eigenvalue weighted by atomic mass is 10.2. The number of nitrogens with one attached hydrogen (secondary N) is 3. The first-order chi connectivity index (χ1) is 12.1. The number of ether oxygens (including phenoxy) is 1. The first-order valence-electron chi connectivity index (χ1n) is 7.68. The number of hydrazine groups is 1. The molecule has 0 aromatic heterocycles. The molecule has 5 nitrogen and oxygen atoms in total. The van der Waals surface area contributed by atoms with Crippen molar-refractivity contribution in [2.75, 3.05) is 7.05 Å². The van der Waals surface area contributed by atoms with E-state index in [2.05, 4.69) is 15.9 Å². The van der Waals surface area contributed by atoms with Gasteiger partial charge in [-0.25, -0.2) is 0 Å². The first-order valence-corrected chi connectivity index (χ1v) is 9.94. The Morgan fingerprint density at radius 2 is 1.40 bits per heavy atom. The van der Waals surface area contributed by atoms with E-state index in [1.165, 1.54) is 0 Å². The second-order valence-corrected chi connectivity index (χ2v) is 7.91. The van der Waals surface area contributed by atoms with Crippen LogP contribution in [0.25, 0.3) is 11.5 Å². The van der Waals surface area contributed by atoms with Gasteiger partial charge in [-0.2, -0.15) is 5.20 Å². The minimum absolute atomic E-state index is 0.353. The lowest BCUT2D eigenvalue weighted by molar-refractivity contribution is 0.468. The van der Waals surface area contributed by atoms with Crippen LogP contribution in [0.1, 0.15) is 11.1 Å². The molecule has 3 rings (SSSR count). The smallest absolute Gasteiger partial charge is 0.215 e. The van der Waals surface area contributed by atoms with Gasteiger partial charge in [0.2, 0.25) is 7.29 Å². The molecule has 0 saturated carbocycles. The van der Waals surface area contributed by atoms with Crippen molar-refractivity contribution in [1.29, 1.82) is 0 Å².